The van der Waals surface area contributed by atoms with E-state index in [9.17, 15) is 13.2 Å². The summed E-state index contributed by atoms with van der Waals surface area (Å²) in [5.74, 6) is -1.54. The number of hydrogen-bond donors (Lipinski definition) is 3. The molecule has 0 unspecified atom stereocenters. The lowest BCUT2D eigenvalue weighted by molar-refractivity contribution is -0.139. The van der Waals surface area contributed by atoms with Gasteiger partial charge in [-0.05, 0) is 11.8 Å². The fourth-order valence-electron chi connectivity index (χ4n) is 0.882. The molecule has 0 aromatic heterocycles. The molecule has 7 heteroatoms. The molecule has 0 rings (SSSR count). The second-order valence-electron chi connectivity index (χ2n) is 4.82. The Labute approximate surface area is 95.7 Å². The van der Waals surface area contributed by atoms with Crippen molar-refractivity contribution in [2.75, 3.05) is 12.4 Å². The van der Waals surface area contributed by atoms with Gasteiger partial charge in [0.2, 0.25) is 10.0 Å². The van der Waals surface area contributed by atoms with E-state index in [-0.39, 0.29) is 11.2 Å². The summed E-state index contributed by atoms with van der Waals surface area (Å²) in [6.45, 7) is 4.92. The number of carboxylic acids is 1. The van der Waals surface area contributed by atoms with Gasteiger partial charge >= 0.3 is 5.97 Å². The third-order valence-corrected chi connectivity index (χ3v) is 3.31. The van der Waals surface area contributed by atoms with Gasteiger partial charge in [0.25, 0.3) is 0 Å². The highest BCUT2D eigenvalue weighted by Gasteiger charge is 2.24. The average Bonchev–Trinajstić information content (AvgIpc) is 2.10. The van der Waals surface area contributed by atoms with Crippen LogP contribution in [0.1, 0.15) is 27.2 Å². The molecule has 0 fully saturated rings. The fraction of sp³-hybridized carbons (Fsp3) is 0.889. The molecule has 16 heavy (non-hydrogen) atoms. The Balaban J connectivity index is 4.41. The van der Waals surface area contributed by atoms with Gasteiger partial charge in [-0.2, -0.15) is 4.72 Å². The van der Waals surface area contributed by atoms with Crippen molar-refractivity contribution in [3.05, 3.63) is 0 Å². The summed E-state index contributed by atoms with van der Waals surface area (Å²) >= 11 is 0. The van der Waals surface area contributed by atoms with Gasteiger partial charge in [-0.3, -0.25) is 4.79 Å². The molecule has 0 aromatic carbocycles. The smallest absolute Gasteiger partial charge is 0.324 e. The average molecular weight is 253 g/mol. The lowest BCUT2D eigenvalue weighted by Crippen LogP contribution is -2.44. The first kappa shape index (κ1) is 15.3. The van der Waals surface area contributed by atoms with E-state index >= 15 is 0 Å². The molecule has 0 heterocycles. The first-order valence-electron chi connectivity index (χ1n) is 4.91. The predicted octanol–water partition coefficient (Wildman–Crippen LogP) is -0.212. The zero-order valence-electron chi connectivity index (χ0n) is 9.73. The number of aliphatic hydroxyl groups is 1. The van der Waals surface area contributed by atoms with Crippen LogP contribution >= 0.6 is 0 Å². The molecule has 3 N–H and O–H groups in total. The first-order valence-corrected chi connectivity index (χ1v) is 6.56. The number of aliphatic hydroxyl groups excluding tert-OH is 1. The zero-order chi connectivity index (χ0) is 13.0. The van der Waals surface area contributed by atoms with E-state index in [0.717, 1.165) is 0 Å². The van der Waals surface area contributed by atoms with Crippen LogP contribution in [0.4, 0.5) is 0 Å². The summed E-state index contributed by atoms with van der Waals surface area (Å²) in [7, 11) is -3.66. The molecule has 0 aliphatic carbocycles. The monoisotopic (exact) mass is 253 g/mol. The van der Waals surface area contributed by atoms with Crippen molar-refractivity contribution in [1.82, 2.24) is 4.72 Å². The van der Waals surface area contributed by atoms with Gasteiger partial charge in [-0.1, -0.05) is 20.8 Å². The van der Waals surface area contributed by atoms with Gasteiger partial charge in [-0.25, -0.2) is 8.42 Å². The summed E-state index contributed by atoms with van der Waals surface area (Å²) < 4.78 is 24.9. The Morgan fingerprint density at radius 3 is 2.19 bits per heavy atom. The molecule has 0 amide bonds. The van der Waals surface area contributed by atoms with Gasteiger partial charge in [-0.15, -0.1) is 0 Å². The summed E-state index contributed by atoms with van der Waals surface area (Å²) in [4.78, 5) is 10.5. The van der Waals surface area contributed by atoms with Crippen LogP contribution in [0.5, 0.6) is 0 Å². The summed E-state index contributed by atoms with van der Waals surface area (Å²) in [6, 6.07) is -1.47. The Kier molecular flexibility index (Phi) is 5.37. The SMILES string of the molecule is CC(C)(C)CCS(=O)(=O)N[C@H](CO)C(=O)O. The Hall–Kier alpha value is -0.660. The van der Waals surface area contributed by atoms with E-state index in [0.29, 0.717) is 6.42 Å². The number of carbonyl (C=O) groups is 1. The second kappa shape index (κ2) is 5.60. The Morgan fingerprint density at radius 1 is 1.38 bits per heavy atom. The van der Waals surface area contributed by atoms with Crippen LogP contribution in [0.15, 0.2) is 0 Å². The Bertz CT molecular complexity index is 330. The minimum atomic E-state index is -3.66. The molecule has 0 saturated heterocycles. The maximum absolute atomic E-state index is 11.5. The van der Waals surface area contributed by atoms with Gasteiger partial charge in [0.05, 0.1) is 12.4 Å². The maximum atomic E-state index is 11.5. The van der Waals surface area contributed by atoms with Crippen molar-refractivity contribution in [3.8, 4) is 0 Å². The third-order valence-electron chi connectivity index (χ3n) is 1.92. The van der Waals surface area contributed by atoms with Crippen molar-refractivity contribution in [1.29, 1.82) is 0 Å². The van der Waals surface area contributed by atoms with E-state index in [2.05, 4.69) is 0 Å². The van der Waals surface area contributed by atoms with Gasteiger partial charge in [0.1, 0.15) is 6.04 Å². The minimum Gasteiger partial charge on any atom is -0.480 e. The summed E-state index contributed by atoms with van der Waals surface area (Å²) in [5, 5.41) is 17.3. The second-order valence-corrected chi connectivity index (χ2v) is 6.69. The van der Waals surface area contributed by atoms with Crippen molar-refractivity contribution >= 4 is 16.0 Å². The highest BCUT2D eigenvalue weighted by atomic mass is 32.2. The molecule has 6 nitrogen and oxygen atoms in total. The van der Waals surface area contributed by atoms with Crippen LogP contribution in [-0.4, -0.2) is 43.0 Å². The predicted molar refractivity (Wildman–Crippen MR) is 59.5 cm³/mol. The number of aliphatic carboxylic acids is 1. The molecule has 0 spiro atoms. The van der Waals surface area contributed by atoms with E-state index < -0.39 is 28.6 Å². The quantitative estimate of drug-likeness (QED) is 0.607. The van der Waals surface area contributed by atoms with Crippen LogP contribution in [-0.2, 0) is 14.8 Å². The molecule has 0 aliphatic rings. The minimum absolute atomic E-state index is 0.146. The highest BCUT2D eigenvalue weighted by Crippen LogP contribution is 2.18. The molecule has 0 aliphatic heterocycles. The zero-order valence-corrected chi connectivity index (χ0v) is 10.5. The molecule has 0 bridgehead atoms. The van der Waals surface area contributed by atoms with E-state index in [4.69, 9.17) is 10.2 Å². The lowest BCUT2D eigenvalue weighted by atomic mass is 9.94. The molecular formula is C9H19NO5S. The largest absolute Gasteiger partial charge is 0.480 e. The van der Waals surface area contributed by atoms with Crippen molar-refractivity contribution in [2.45, 2.75) is 33.2 Å². The van der Waals surface area contributed by atoms with Crippen LogP contribution in [0.3, 0.4) is 0 Å². The topological polar surface area (TPSA) is 104 Å². The molecule has 1 atom stereocenters. The lowest BCUT2D eigenvalue weighted by Gasteiger charge is -2.19. The molecule has 0 aromatic rings. The fourth-order valence-corrected chi connectivity index (χ4v) is 2.49. The number of nitrogens with one attached hydrogen (secondary N) is 1. The summed E-state index contributed by atoms with van der Waals surface area (Å²) in [6.07, 6.45) is 0.417. The van der Waals surface area contributed by atoms with E-state index in [1.807, 2.05) is 25.5 Å². The first-order chi connectivity index (χ1) is 7.07. The number of carboxylic acid groups (broad SMARTS) is 1. The van der Waals surface area contributed by atoms with Crippen molar-refractivity contribution in [2.24, 2.45) is 5.41 Å². The maximum Gasteiger partial charge on any atom is 0.324 e. The number of rotatable bonds is 6. The standard InChI is InChI=1S/C9H19NO5S/c1-9(2,3)4-5-16(14,15)10-7(6-11)8(12)13/h7,10-11H,4-6H2,1-3H3,(H,12,13)/t7-/m1/s1. The van der Waals surface area contributed by atoms with Gasteiger partial charge in [0.15, 0.2) is 0 Å². The molecule has 0 radical (unpaired) electrons. The van der Waals surface area contributed by atoms with Crippen LogP contribution < -0.4 is 4.72 Å². The van der Waals surface area contributed by atoms with Crippen LogP contribution in [0.2, 0.25) is 0 Å². The van der Waals surface area contributed by atoms with Crippen LogP contribution in [0.25, 0.3) is 0 Å². The normalized spacial score (nSPS) is 14.8. The molecular weight excluding hydrogens is 234 g/mol. The third kappa shape index (κ3) is 6.76. The van der Waals surface area contributed by atoms with E-state index in [1.54, 1.807) is 0 Å². The highest BCUT2D eigenvalue weighted by molar-refractivity contribution is 7.89. The Morgan fingerprint density at radius 2 is 1.88 bits per heavy atom. The van der Waals surface area contributed by atoms with Gasteiger partial charge in [0, 0.05) is 0 Å². The van der Waals surface area contributed by atoms with E-state index in [1.165, 1.54) is 0 Å². The number of hydrogen-bond acceptors (Lipinski definition) is 4. The van der Waals surface area contributed by atoms with Crippen molar-refractivity contribution < 1.29 is 23.4 Å². The number of sulfonamides is 1. The molecule has 96 valence electrons. The van der Waals surface area contributed by atoms with Gasteiger partial charge < -0.3 is 10.2 Å². The summed E-state index contributed by atoms with van der Waals surface area (Å²) in [5.41, 5.74) is -0.146. The van der Waals surface area contributed by atoms with Crippen molar-refractivity contribution in [3.63, 3.8) is 0 Å². The van der Waals surface area contributed by atoms with Crippen LogP contribution in [0, 0.1) is 5.41 Å². The molecule has 0 saturated carbocycles.